The fourth-order valence-corrected chi connectivity index (χ4v) is 4.59. The standard InChI is InChI=1S/C21H24N4O3/c1-24-13-21(11-16(19(24)27)15-5-3-2-4-6-15)7-9-25(10-8-21)20(28)17-12-22-14-23-18(17)26/h2-6,12,14,16H,7-11,13H2,1H3,(H,22,23,26)/t16-/m0/s1. The van der Waals surface area contributed by atoms with Gasteiger partial charge in [-0.3, -0.25) is 14.4 Å². The van der Waals surface area contributed by atoms with Crippen molar-refractivity contribution in [1.29, 1.82) is 0 Å². The monoisotopic (exact) mass is 380 g/mol. The lowest BCUT2D eigenvalue weighted by Gasteiger charge is -2.49. The first-order chi connectivity index (χ1) is 13.5. The zero-order valence-electron chi connectivity index (χ0n) is 15.9. The van der Waals surface area contributed by atoms with Gasteiger partial charge < -0.3 is 14.8 Å². The molecule has 2 fully saturated rings. The van der Waals surface area contributed by atoms with Gasteiger partial charge in [0.2, 0.25) is 5.91 Å². The van der Waals surface area contributed by atoms with Gasteiger partial charge in [0, 0.05) is 32.9 Å². The van der Waals surface area contributed by atoms with Crippen molar-refractivity contribution in [2.75, 3.05) is 26.7 Å². The summed E-state index contributed by atoms with van der Waals surface area (Å²) in [6, 6.07) is 9.93. The highest BCUT2D eigenvalue weighted by molar-refractivity contribution is 5.93. The first kappa shape index (κ1) is 18.4. The molecule has 7 heteroatoms. The Kier molecular flexibility index (Phi) is 4.75. The molecular formula is C21H24N4O3. The fraction of sp³-hybridized carbons (Fsp3) is 0.429. The van der Waals surface area contributed by atoms with Crippen molar-refractivity contribution >= 4 is 11.8 Å². The van der Waals surface area contributed by atoms with Crippen molar-refractivity contribution in [3.63, 3.8) is 0 Å². The van der Waals surface area contributed by atoms with Gasteiger partial charge in [0.15, 0.2) is 0 Å². The average molecular weight is 380 g/mol. The molecule has 1 N–H and O–H groups in total. The molecule has 28 heavy (non-hydrogen) atoms. The molecule has 0 unspecified atom stereocenters. The van der Waals surface area contributed by atoms with Crippen molar-refractivity contribution in [3.05, 3.63) is 64.3 Å². The fourth-order valence-electron chi connectivity index (χ4n) is 4.59. The van der Waals surface area contributed by atoms with Crippen LogP contribution in [-0.4, -0.2) is 58.3 Å². The number of hydrogen-bond donors (Lipinski definition) is 1. The largest absolute Gasteiger partial charge is 0.345 e. The molecule has 0 radical (unpaired) electrons. The Morgan fingerprint density at radius 3 is 2.57 bits per heavy atom. The van der Waals surface area contributed by atoms with Gasteiger partial charge in [0.1, 0.15) is 5.56 Å². The van der Waals surface area contributed by atoms with E-state index >= 15 is 0 Å². The Bertz CT molecular complexity index is 932. The van der Waals surface area contributed by atoms with Gasteiger partial charge in [-0.05, 0) is 30.2 Å². The third kappa shape index (κ3) is 3.32. The second-order valence-electron chi connectivity index (χ2n) is 7.95. The smallest absolute Gasteiger partial charge is 0.263 e. The topological polar surface area (TPSA) is 86.4 Å². The van der Waals surface area contributed by atoms with E-state index in [2.05, 4.69) is 9.97 Å². The van der Waals surface area contributed by atoms with Crippen LogP contribution in [0.5, 0.6) is 0 Å². The molecule has 4 rings (SSSR count). The molecular weight excluding hydrogens is 356 g/mol. The summed E-state index contributed by atoms with van der Waals surface area (Å²) in [5.41, 5.74) is 0.726. The first-order valence-corrected chi connectivity index (χ1v) is 9.61. The van der Waals surface area contributed by atoms with E-state index in [0.717, 1.165) is 24.8 Å². The van der Waals surface area contributed by atoms with Crippen LogP contribution in [0.3, 0.4) is 0 Å². The van der Waals surface area contributed by atoms with Crippen LogP contribution in [0.15, 0.2) is 47.7 Å². The summed E-state index contributed by atoms with van der Waals surface area (Å²) in [4.78, 5) is 47.2. The SMILES string of the molecule is CN1CC2(CCN(C(=O)c3cnc[nH]c3=O)CC2)C[C@@H](c2ccccc2)C1=O. The predicted octanol–water partition coefficient (Wildman–Crippen LogP) is 1.64. The summed E-state index contributed by atoms with van der Waals surface area (Å²) in [5.74, 6) is -0.246. The van der Waals surface area contributed by atoms with Crippen molar-refractivity contribution in [2.24, 2.45) is 5.41 Å². The molecule has 0 saturated carbocycles. The zero-order chi connectivity index (χ0) is 19.7. The molecule has 0 aliphatic carbocycles. The first-order valence-electron chi connectivity index (χ1n) is 9.61. The molecule has 2 aliphatic rings. The number of aromatic nitrogens is 2. The van der Waals surface area contributed by atoms with E-state index in [1.807, 2.05) is 42.3 Å². The van der Waals surface area contributed by atoms with Crippen molar-refractivity contribution in [1.82, 2.24) is 19.8 Å². The van der Waals surface area contributed by atoms with Crippen LogP contribution in [0.1, 0.15) is 41.1 Å². The normalized spacial score (nSPS) is 21.8. The molecule has 7 nitrogen and oxygen atoms in total. The molecule has 1 spiro atoms. The van der Waals surface area contributed by atoms with Gasteiger partial charge >= 0.3 is 0 Å². The molecule has 2 saturated heterocycles. The molecule has 1 atom stereocenters. The molecule has 1 aromatic heterocycles. The maximum Gasteiger partial charge on any atom is 0.263 e. The number of aromatic amines is 1. The van der Waals surface area contributed by atoms with Gasteiger partial charge in [-0.15, -0.1) is 0 Å². The number of rotatable bonds is 2. The quantitative estimate of drug-likeness (QED) is 0.858. The minimum absolute atomic E-state index is 0.00130. The van der Waals surface area contributed by atoms with Crippen LogP contribution < -0.4 is 5.56 Å². The number of benzene rings is 1. The Morgan fingerprint density at radius 2 is 1.89 bits per heavy atom. The average Bonchev–Trinajstić information content (AvgIpc) is 2.72. The Hall–Kier alpha value is -2.96. The van der Waals surface area contributed by atoms with Gasteiger partial charge in [-0.2, -0.15) is 0 Å². The van der Waals surface area contributed by atoms with Crippen molar-refractivity contribution < 1.29 is 9.59 Å². The minimum atomic E-state index is -0.410. The highest BCUT2D eigenvalue weighted by atomic mass is 16.2. The van der Waals surface area contributed by atoms with Crippen LogP contribution >= 0.6 is 0 Å². The third-order valence-corrected chi connectivity index (χ3v) is 6.15. The second-order valence-corrected chi connectivity index (χ2v) is 7.95. The van der Waals surface area contributed by atoms with Crippen LogP contribution in [0.25, 0.3) is 0 Å². The lowest BCUT2D eigenvalue weighted by Crippen LogP contribution is -2.53. The van der Waals surface area contributed by atoms with E-state index in [0.29, 0.717) is 19.6 Å². The molecule has 0 bridgehead atoms. The van der Waals surface area contributed by atoms with Crippen LogP contribution in [0, 0.1) is 5.41 Å². The lowest BCUT2D eigenvalue weighted by molar-refractivity contribution is -0.139. The van der Waals surface area contributed by atoms with E-state index in [1.165, 1.54) is 12.5 Å². The predicted molar refractivity (Wildman–Crippen MR) is 104 cm³/mol. The molecule has 2 aromatic rings. The number of nitrogens with zero attached hydrogens (tertiary/aromatic N) is 3. The molecule has 3 heterocycles. The van der Waals surface area contributed by atoms with Crippen molar-refractivity contribution in [3.8, 4) is 0 Å². The van der Waals surface area contributed by atoms with E-state index in [-0.39, 0.29) is 28.7 Å². The molecule has 2 aliphatic heterocycles. The highest BCUT2D eigenvalue weighted by Crippen LogP contribution is 2.45. The summed E-state index contributed by atoms with van der Waals surface area (Å²) in [7, 11) is 1.87. The number of likely N-dealkylation sites (N-methyl/N-ethyl adjacent to an activating group) is 1. The number of likely N-dealkylation sites (tertiary alicyclic amines) is 2. The zero-order valence-corrected chi connectivity index (χ0v) is 15.9. The minimum Gasteiger partial charge on any atom is -0.345 e. The van der Waals surface area contributed by atoms with Gasteiger partial charge in [0.05, 0.1) is 12.2 Å². The number of piperidine rings is 2. The Balaban J connectivity index is 1.50. The highest BCUT2D eigenvalue weighted by Gasteiger charge is 2.45. The number of carbonyl (C=O) groups excluding carboxylic acids is 2. The second kappa shape index (κ2) is 7.22. The van der Waals surface area contributed by atoms with E-state index in [9.17, 15) is 14.4 Å². The molecule has 1 aromatic carbocycles. The molecule has 2 amide bonds. The van der Waals surface area contributed by atoms with Gasteiger partial charge in [-0.1, -0.05) is 30.3 Å². The Labute approximate surface area is 163 Å². The Morgan fingerprint density at radius 1 is 1.18 bits per heavy atom. The number of H-pyrrole nitrogens is 1. The summed E-state index contributed by atoms with van der Waals surface area (Å²) in [6.07, 6.45) is 5.04. The lowest BCUT2D eigenvalue weighted by atomic mass is 9.67. The summed E-state index contributed by atoms with van der Waals surface area (Å²) in [6.45, 7) is 1.87. The van der Waals surface area contributed by atoms with Gasteiger partial charge in [-0.25, -0.2) is 4.98 Å². The van der Waals surface area contributed by atoms with E-state index in [4.69, 9.17) is 0 Å². The van der Waals surface area contributed by atoms with Crippen LogP contribution in [0.4, 0.5) is 0 Å². The van der Waals surface area contributed by atoms with Gasteiger partial charge in [0.25, 0.3) is 11.5 Å². The van der Waals surface area contributed by atoms with E-state index < -0.39 is 5.56 Å². The summed E-state index contributed by atoms with van der Waals surface area (Å²) < 4.78 is 0. The number of nitrogens with one attached hydrogen (secondary N) is 1. The molecule has 146 valence electrons. The maximum atomic E-state index is 12.8. The van der Waals surface area contributed by atoms with Crippen LogP contribution in [0.2, 0.25) is 0 Å². The maximum absolute atomic E-state index is 12.8. The summed E-state index contributed by atoms with van der Waals surface area (Å²) in [5, 5.41) is 0. The number of hydrogen-bond acceptors (Lipinski definition) is 4. The van der Waals surface area contributed by atoms with Crippen molar-refractivity contribution in [2.45, 2.75) is 25.2 Å². The number of amides is 2. The third-order valence-electron chi connectivity index (χ3n) is 6.15. The summed E-state index contributed by atoms with van der Waals surface area (Å²) >= 11 is 0. The number of carbonyl (C=O) groups is 2. The van der Waals surface area contributed by atoms with E-state index in [1.54, 1.807) is 4.90 Å². The van der Waals surface area contributed by atoms with Crippen LogP contribution in [-0.2, 0) is 4.79 Å².